The molecule has 0 unspecified atom stereocenters. The molecular weight excluding hydrogens is 284 g/mol. The molecule has 1 N–H and O–H groups in total. The number of benzene rings is 1. The molecule has 0 saturated carbocycles. The van der Waals surface area contributed by atoms with Crippen LogP contribution in [-0.2, 0) is 13.0 Å². The van der Waals surface area contributed by atoms with Crippen LogP contribution in [0.5, 0.6) is 0 Å². The number of fused-ring (bicyclic) bond motifs is 2. The highest BCUT2D eigenvalue weighted by molar-refractivity contribution is 5.80. The van der Waals surface area contributed by atoms with Crippen LogP contribution in [0, 0.1) is 0 Å². The zero-order chi connectivity index (χ0) is 15.6. The van der Waals surface area contributed by atoms with Crippen molar-refractivity contribution in [2.45, 2.75) is 19.4 Å². The van der Waals surface area contributed by atoms with Gasteiger partial charge in [0.1, 0.15) is 0 Å². The van der Waals surface area contributed by atoms with Gasteiger partial charge in [0.2, 0.25) is 0 Å². The summed E-state index contributed by atoms with van der Waals surface area (Å²) in [5.41, 5.74) is 5.21. The second-order valence-corrected chi connectivity index (χ2v) is 6.38. The standard InChI is InChI=1S/C19H22N4/c1-22-14-23(13-16-12-20-9-8-19(16)22)10-4-6-17-11-15-5-2-3-7-18(15)21-17/h2-3,5,7-9,11-12,21H,4,6,10,13-14H2,1H3. The van der Waals surface area contributed by atoms with Crippen LogP contribution in [0.2, 0.25) is 0 Å². The summed E-state index contributed by atoms with van der Waals surface area (Å²) in [5, 5.41) is 1.31. The normalized spacial score (nSPS) is 15.1. The Balaban J connectivity index is 1.36. The van der Waals surface area contributed by atoms with Crippen LogP contribution in [0.15, 0.2) is 48.8 Å². The minimum atomic E-state index is 0.990. The Hall–Kier alpha value is -2.33. The van der Waals surface area contributed by atoms with Crippen molar-refractivity contribution in [3.63, 3.8) is 0 Å². The number of aromatic amines is 1. The fourth-order valence-electron chi connectivity index (χ4n) is 3.49. The predicted molar refractivity (Wildman–Crippen MR) is 94.5 cm³/mol. The first-order chi connectivity index (χ1) is 11.3. The van der Waals surface area contributed by atoms with Crippen LogP contribution in [0.25, 0.3) is 10.9 Å². The molecule has 0 radical (unpaired) electrons. The van der Waals surface area contributed by atoms with Gasteiger partial charge in [-0.3, -0.25) is 9.88 Å². The van der Waals surface area contributed by atoms with Crippen LogP contribution in [0.3, 0.4) is 0 Å². The lowest BCUT2D eigenvalue weighted by atomic mass is 10.1. The van der Waals surface area contributed by atoms with Crippen molar-refractivity contribution in [1.82, 2.24) is 14.9 Å². The maximum absolute atomic E-state index is 4.26. The SMILES string of the molecule is CN1CN(CCCc2cc3ccccc3[nH]2)Cc2cnccc21. The average Bonchev–Trinajstić information content (AvgIpc) is 2.98. The molecule has 4 rings (SSSR count). The summed E-state index contributed by atoms with van der Waals surface area (Å²) < 4.78 is 0. The highest BCUT2D eigenvalue weighted by Gasteiger charge is 2.19. The molecule has 23 heavy (non-hydrogen) atoms. The number of aryl methyl sites for hydroxylation is 1. The maximum Gasteiger partial charge on any atom is 0.0706 e. The number of pyridine rings is 1. The number of nitrogens with one attached hydrogen (secondary N) is 1. The third-order valence-corrected chi connectivity index (χ3v) is 4.60. The lowest BCUT2D eigenvalue weighted by molar-refractivity contribution is 0.253. The Labute approximate surface area is 136 Å². The minimum absolute atomic E-state index is 0.990. The molecule has 1 aliphatic heterocycles. The van der Waals surface area contributed by atoms with Crippen LogP contribution < -0.4 is 4.90 Å². The van der Waals surface area contributed by atoms with E-state index < -0.39 is 0 Å². The number of hydrogen-bond acceptors (Lipinski definition) is 3. The van der Waals surface area contributed by atoms with E-state index in [9.17, 15) is 0 Å². The molecule has 0 atom stereocenters. The monoisotopic (exact) mass is 306 g/mol. The lowest BCUT2D eigenvalue weighted by Crippen LogP contribution is -2.40. The van der Waals surface area contributed by atoms with Gasteiger partial charge in [0.25, 0.3) is 0 Å². The number of para-hydroxylation sites is 1. The van der Waals surface area contributed by atoms with Gasteiger partial charge in [-0.25, -0.2) is 0 Å². The summed E-state index contributed by atoms with van der Waals surface area (Å²) >= 11 is 0. The molecule has 0 fully saturated rings. The second-order valence-electron chi connectivity index (χ2n) is 6.38. The highest BCUT2D eigenvalue weighted by atomic mass is 15.3. The summed E-state index contributed by atoms with van der Waals surface area (Å²) in [7, 11) is 2.16. The fraction of sp³-hybridized carbons (Fsp3) is 0.316. The molecule has 4 heteroatoms. The first-order valence-corrected chi connectivity index (χ1v) is 8.22. The molecule has 4 nitrogen and oxygen atoms in total. The van der Waals surface area contributed by atoms with Gasteiger partial charge in [0.05, 0.1) is 6.67 Å². The summed E-state index contributed by atoms with van der Waals surface area (Å²) in [6.45, 7) is 3.10. The zero-order valence-electron chi connectivity index (χ0n) is 13.5. The van der Waals surface area contributed by atoms with Gasteiger partial charge in [-0.2, -0.15) is 0 Å². The molecule has 1 aromatic carbocycles. The van der Waals surface area contributed by atoms with E-state index in [1.165, 1.54) is 27.8 Å². The Kier molecular flexibility index (Phi) is 3.75. The Morgan fingerprint density at radius 2 is 2.13 bits per heavy atom. The minimum Gasteiger partial charge on any atom is -0.361 e. The van der Waals surface area contributed by atoms with Gasteiger partial charge in [-0.15, -0.1) is 0 Å². The molecular formula is C19H22N4. The van der Waals surface area contributed by atoms with Gasteiger partial charge >= 0.3 is 0 Å². The second kappa shape index (κ2) is 6.05. The summed E-state index contributed by atoms with van der Waals surface area (Å²) in [6.07, 6.45) is 6.13. The van der Waals surface area contributed by atoms with Crippen molar-refractivity contribution in [2.24, 2.45) is 0 Å². The summed E-state index contributed by atoms with van der Waals surface area (Å²) in [4.78, 5) is 12.6. The van der Waals surface area contributed by atoms with E-state index in [2.05, 4.69) is 63.2 Å². The number of nitrogens with zero attached hydrogens (tertiary/aromatic N) is 3. The first kappa shape index (κ1) is 14.3. The molecule has 118 valence electrons. The van der Waals surface area contributed by atoms with Crippen LogP contribution in [0.4, 0.5) is 5.69 Å². The molecule has 0 aliphatic carbocycles. The smallest absolute Gasteiger partial charge is 0.0706 e. The summed E-state index contributed by atoms with van der Waals surface area (Å²) in [6, 6.07) is 12.9. The van der Waals surface area contributed by atoms with Crippen molar-refractivity contribution in [3.8, 4) is 0 Å². The number of anilines is 1. The molecule has 2 aromatic heterocycles. The van der Waals surface area contributed by atoms with Crippen LogP contribution in [-0.4, -0.2) is 35.1 Å². The Morgan fingerprint density at radius 3 is 3.04 bits per heavy atom. The molecule has 3 heterocycles. The van der Waals surface area contributed by atoms with Gasteiger partial charge in [-0.1, -0.05) is 18.2 Å². The first-order valence-electron chi connectivity index (χ1n) is 8.22. The van der Waals surface area contributed by atoms with Gasteiger partial charge < -0.3 is 9.88 Å². The molecule has 0 saturated heterocycles. The van der Waals surface area contributed by atoms with E-state index in [1.807, 2.05) is 12.4 Å². The number of rotatable bonds is 4. The molecule has 1 aliphatic rings. The largest absolute Gasteiger partial charge is 0.361 e. The van der Waals surface area contributed by atoms with Crippen molar-refractivity contribution in [1.29, 1.82) is 0 Å². The van der Waals surface area contributed by atoms with Crippen molar-refractivity contribution < 1.29 is 0 Å². The molecule has 3 aromatic rings. The highest BCUT2D eigenvalue weighted by Crippen LogP contribution is 2.25. The third-order valence-electron chi connectivity index (χ3n) is 4.60. The average molecular weight is 306 g/mol. The number of H-pyrrole nitrogens is 1. The van der Waals surface area contributed by atoms with E-state index in [0.29, 0.717) is 0 Å². The summed E-state index contributed by atoms with van der Waals surface area (Å²) in [5.74, 6) is 0. The maximum atomic E-state index is 4.26. The van der Waals surface area contributed by atoms with Crippen LogP contribution in [0.1, 0.15) is 17.7 Å². The number of aromatic nitrogens is 2. The molecule has 0 bridgehead atoms. The van der Waals surface area contributed by atoms with Gasteiger partial charge in [0, 0.05) is 55.0 Å². The van der Waals surface area contributed by atoms with Crippen molar-refractivity contribution in [2.75, 3.05) is 25.2 Å². The van der Waals surface area contributed by atoms with E-state index in [1.54, 1.807) is 0 Å². The van der Waals surface area contributed by atoms with Crippen LogP contribution >= 0.6 is 0 Å². The quantitative estimate of drug-likeness (QED) is 0.802. The molecule has 0 amide bonds. The lowest BCUT2D eigenvalue weighted by Gasteiger charge is -2.35. The number of hydrogen-bond donors (Lipinski definition) is 1. The molecule has 0 spiro atoms. The van der Waals surface area contributed by atoms with E-state index >= 15 is 0 Å². The van der Waals surface area contributed by atoms with E-state index in [4.69, 9.17) is 0 Å². The van der Waals surface area contributed by atoms with Crippen molar-refractivity contribution in [3.05, 3.63) is 60.0 Å². The fourth-order valence-corrected chi connectivity index (χ4v) is 3.49. The third kappa shape index (κ3) is 2.94. The zero-order valence-corrected chi connectivity index (χ0v) is 13.5. The Morgan fingerprint density at radius 1 is 1.22 bits per heavy atom. The van der Waals surface area contributed by atoms with Gasteiger partial charge in [-0.05, 0) is 36.4 Å². The Bertz CT molecular complexity index is 775. The van der Waals surface area contributed by atoms with Gasteiger partial charge in [0.15, 0.2) is 0 Å². The van der Waals surface area contributed by atoms with E-state index in [0.717, 1.165) is 32.6 Å². The topological polar surface area (TPSA) is 35.2 Å². The van der Waals surface area contributed by atoms with Crippen molar-refractivity contribution >= 4 is 16.6 Å². The van der Waals surface area contributed by atoms with E-state index in [-0.39, 0.29) is 0 Å². The predicted octanol–water partition coefficient (Wildman–Crippen LogP) is 3.41.